The molecule has 188 valence electrons. The molecule has 3 heterocycles. The zero-order chi connectivity index (χ0) is 25.9. The zero-order valence-electron chi connectivity index (χ0n) is 19.2. The van der Waals surface area contributed by atoms with Crippen molar-refractivity contribution in [3.63, 3.8) is 0 Å². The number of nitrogens with zero attached hydrogens (tertiary/aromatic N) is 2. The number of hydrogen-bond acceptors (Lipinski definition) is 6. The van der Waals surface area contributed by atoms with Gasteiger partial charge in [0, 0.05) is 36.6 Å². The Balaban J connectivity index is 1.40. The Kier molecular flexibility index (Phi) is 6.80. The Bertz CT molecular complexity index is 1510. The lowest BCUT2D eigenvalue weighted by atomic mass is 10.0. The predicted octanol–water partition coefficient (Wildman–Crippen LogP) is 4.58. The quantitative estimate of drug-likeness (QED) is 0.342. The highest BCUT2D eigenvalue weighted by atomic mass is 19.1. The first-order valence-electron chi connectivity index (χ1n) is 11.3. The van der Waals surface area contributed by atoms with Crippen LogP contribution in [0.5, 0.6) is 0 Å². The van der Waals surface area contributed by atoms with Crippen LogP contribution in [0.1, 0.15) is 27.7 Å². The number of carbonyl (C=O) groups excluding carboxylic acids is 2. The fourth-order valence-corrected chi connectivity index (χ4v) is 3.94. The van der Waals surface area contributed by atoms with E-state index in [4.69, 9.17) is 4.74 Å². The molecule has 2 amide bonds. The summed E-state index contributed by atoms with van der Waals surface area (Å²) in [5, 5.41) is 7.68. The number of ether oxygens (including phenoxy) is 1. The van der Waals surface area contributed by atoms with Gasteiger partial charge < -0.3 is 20.7 Å². The highest BCUT2D eigenvalue weighted by Gasteiger charge is 2.22. The number of hydrogen-bond donors (Lipinski definition) is 3. The van der Waals surface area contributed by atoms with Crippen molar-refractivity contribution >= 4 is 34.2 Å². The molecular formula is C26H20F3N5O3. The number of halogens is 3. The molecule has 1 unspecified atom stereocenters. The number of benzene rings is 2. The van der Waals surface area contributed by atoms with E-state index in [9.17, 15) is 18.4 Å². The standard InChI is InChI=1S/C26H20F3N5O3/c27-15-2-1-3-17(9-15)32-26(36)34-22-11-16(28)10-18(24(22)29)25(35)20-5-4-19-21(33-20)8-14(12-31-19)23-13-30-6-7-37-23/h1-5,8-12,23,30H,6-7,13H2,(H2,32,34,36). The van der Waals surface area contributed by atoms with Gasteiger partial charge in [0.05, 0.1) is 35.0 Å². The molecule has 4 aromatic rings. The van der Waals surface area contributed by atoms with Crippen LogP contribution in [0.2, 0.25) is 0 Å². The van der Waals surface area contributed by atoms with E-state index in [1.165, 1.54) is 24.3 Å². The van der Waals surface area contributed by atoms with E-state index >= 15 is 4.39 Å². The van der Waals surface area contributed by atoms with Crippen LogP contribution in [-0.4, -0.2) is 41.5 Å². The smallest absolute Gasteiger partial charge is 0.323 e. The largest absolute Gasteiger partial charge is 0.371 e. The molecule has 1 aliphatic rings. The van der Waals surface area contributed by atoms with Crippen molar-refractivity contribution in [2.45, 2.75) is 6.10 Å². The molecule has 2 aromatic heterocycles. The Hall–Kier alpha value is -4.35. The van der Waals surface area contributed by atoms with E-state index in [0.29, 0.717) is 24.2 Å². The molecule has 37 heavy (non-hydrogen) atoms. The summed E-state index contributed by atoms with van der Waals surface area (Å²) in [5.74, 6) is -3.56. The number of carbonyl (C=O) groups is 2. The first-order chi connectivity index (χ1) is 17.9. The number of pyridine rings is 2. The van der Waals surface area contributed by atoms with Gasteiger partial charge in [0.25, 0.3) is 0 Å². The molecule has 1 fully saturated rings. The fourth-order valence-electron chi connectivity index (χ4n) is 3.94. The first-order valence-corrected chi connectivity index (χ1v) is 11.3. The van der Waals surface area contributed by atoms with Crippen molar-refractivity contribution in [2.75, 3.05) is 30.3 Å². The molecule has 1 atom stereocenters. The van der Waals surface area contributed by atoms with Crippen LogP contribution in [0.25, 0.3) is 11.0 Å². The lowest BCUT2D eigenvalue weighted by Crippen LogP contribution is -2.33. The summed E-state index contributed by atoms with van der Waals surface area (Å²) in [5.41, 5.74) is 0.467. The zero-order valence-corrected chi connectivity index (χ0v) is 19.2. The van der Waals surface area contributed by atoms with Crippen LogP contribution in [-0.2, 0) is 4.74 Å². The van der Waals surface area contributed by atoms with Crippen LogP contribution in [0, 0.1) is 17.5 Å². The first kappa shape index (κ1) is 24.3. The molecule has 5 rings (SSSR count). The Morgan fingerprint density at radius 2 is 1.84 bits per heavy atom. The van der Waals surface area contributed by atoms with Crippen molar-refractivity contribution in [3.05, 3.63) is 95.1 Å². The van der Waals surface area contributed by atoms with Crippen molar-refractivity contribution in [1.29, 1.82) is 0 Å². The lowest BCUT2D eigenvalue weighted by Gasteiger charge is -2.23. The number of aromatic nitrogens is 2. The summed E-state index contributed by atoms with van der Waals surface area (Å²) in [6.45, 7) is 1.89. The van der Waals surface area contributed by atoms with Crippen LogP contribution < -0.4 is 16.0 Å². The van der Waals surface area contributed by atoms with Gasteiger partial charge in [0.1, 0.15) is 17.3 Å². The van der Waals surface area contributed by atoms with Gasteiger partial charge in [-0.2, -0.15) is 0 Å². The maximum absolute atomic E-state index is 15.2. The second kappa shape index (κ2) is 10.3. The van der Waals surface area contributed by atoms with E-state index in [1.54, 1.807) is 18.3 Å². The highest BCUT2D eigenvalue weighted by Crippen LogP contribution is 2.25. The molecule has 0 spiro atoms. The van der Waals surface area contributed by atoms with Crippen LogP contribution in [0.15, 0.2) is 60.8 Å². The van der Waals surface area contributed by atoms with Crippen LogP contribution in [0.4, 0.5) is 29.3 Å². The number of ketones is 1. The molecule has 1 aliphatic heterocycles. The lowest BCUT2D eigenvalue weighted by molar-refractivity contribution is 0.0276. The van der Waals surface area contributed by atoms with E-state index in [0.717, 1.165) is 30.3 Å². The number of morpholine rings is 1. The number of fused-ring (bicyclic) bond motifs is 1. The van der Waals surface area contributed by atoms with Gasteiger partial charge in [-0.1, -0.05) is 6.07 Å². The molecule has 11 heteroatoms. The third-order valence-electron chi connectivity index (χ3n) is 5.70. The van der Waals surface area contributed by atoms with E-state index < -0.39 is 40.5 Å². The predicted molar refractivity (Wildman–Crippen MR) is 130 cm³/mol. The highest BCUT2D eigenvalue weighted by molar-refractivity contribution is 6.10. The third kappa shape index (κ3) is 5.42. The summed E-state index contributed by atoms with van der Waals surface area (Å²) in [6, 6.07) is 10.2. The van der Waals surface area contributed by atoms with Gasteiger partial charge >= 0.3 is 6.03 Å². The Morgan fingerprint density at radius 1 is 0.973 bits per heavy atom. The van der Waals surface area contributed by atoms with Crippen LogP contribution >= 0.6 is 0 Å². The second-order valence-electron chi connectivity index (χ2n) is 8.30. The minimum absolute atomic E-state index is 0.105. The molecule has 0 bridgehead atoms. The van der Waals surface area contributed by atoms with E-state index in [2.05, 4.69) is 25.9 Å². The number of amides is 2. The van der Waals surface area contributed by atoms with Gasteiger partial charge in [0.15, 0.2) is 5.82 Å². The normalized spacial score (nSPS) is 15.4. The molecule has 8 nitrogen and oxygen atoms in total. The number of rotatable bonds is 5. The molecule has 0 aliphatic carbocycles. The van der Waals surface area contributed by atoms with Crippen molar-refractivity contribution in [1.82, 2.24) is 15.3 Å². The summed E-state index contributed by atoms with van der Waals surface area (Å²) in [4.78, 5) is 34.1. The third-order valence-corrected chi connectivity index (χ3v) is 5.70. The molecule has 2 aromatic carbocycles. The topological polar surface area (TPSA) is 105 Å². The number of urea groups is 1. The summed E-state index contributed by atoms with van der Waals surface area (Å²) >= 11 is 0. The summed E-state index contributed by atoms with van der Waals surface area (Å²) in [7, 11) is 0. The van der Waals surface area contributed by atoms with Gasteiger partial charge in [0.2, 0.25) is 5.78 Å². The van der Waals surface area contributed by atoms with Crippen LogP contribution in [0.3, 0.4) is 0 Å². The maximum Gasteiger partial charge on any atom is 0.323 e. The van der Waals surface area contributed by atoms with Crippen molar-refractivity contribution < 1.29 is 27.5 Å². The van der Waals surface area contributed by atoms with Crippen molar-refractivity contribution in [2.24, 2.45) is 0 Å². The molecular weight excluding hydrogens is 487 g/mol. The molecule has 0 saturated carbocycles. The molecule has 0 radical (unpaired) electrons. The summed E-state index contributed by atoms with van der Waals surface area (Å²) in [6.07, 6.45) is 1.45. The van der Waals surface area contributed by atoms with Gasteiger partial charge in [-0.3, -0.25) is 9.78 Å². The number of anilines is 2. The average molecular weight is 507 g/mol. The fraction of sp³-hybridized carbons (Fsp3) is 0.154. The summed E-state index contributed by atoms with van der Waals surface area (Å²) < 4.78 is 48.6. The van der Waals surface area contributed by atoms with Gasteiger partial charge in [-0.05, 0) is 42.5 Å². The second-order valence-corrected chi connectivity index (χ2v) is 8.30. The average Bonchev–Trinajstić information content (AvgIpc) is 2.90. The Labute approximate surface area is 208 Å². The minimum Gasteiger partial charge on any atom is -0.371 e. The minimum atomic E-state index is -1.14. The van der Waals surface area contributed by atoms with E-state index in [1.807, 2.05) is 0 Å². The SMILES string of the molecule is O=C(Nc1cccc(F)c1)Nc1cc(F)cc(C(=O)c2ccc3ncc(C4CNCCO4)cc3n2)c1F. The number of nitrogens with one attached hydrogen (secondary N) is 3. The van der Waals surface area contributed by atoms with Gasteiger partial charge in [-0.25, -0.2) is 22.9 Å². The monoisotopic (exact) mass is 507 g/mol. The van der Waals surface area contributed by atoms with Gasteiger partial charge in [-0.15, -0.1) is 0 Å². The Morgan fingerprint density at radius 3 is 2.62 bits per heavy atom. The maximum atomic E-state index is 15.2. The molecule has 3 N–H and O–H groups in total. The van der Waals surface area contributed by atoms with Crippen molar-refractivity contribution in [3.8, 4) is 0 Å². The molecule has 1 saturated heterocycles. The van der Waals surface area contributed by atoms with E-state index in [-0.39, 0.29) is 17.5 Å².